The molecular formula is C14H18Cl2N2O3. The quantitative estimate of drug-likeness (QED) is 0.505. The second kappa shape index (κ2) is 6.81. The molecule has 2 rings (SSSR count). The molecular weight excluding hydrogens is 315 g/mol. The fourth-order valence-electron chi connectivity index (χ4n) is 2.57. The van der Waals surface area contributed by atoms with Crippen molar-refractivity contribution in [2.45, 2.75) is 44.1 Å². The van der Waals surface area contributed by atoms with Crippen LogP contribution in [0.15, 0.2) is 12.1 Å². The lowest BCUT2D eigenvalue weighted by Gasteiger charge is -2.27. The number of nitro groups is 1. The summed E-state index contributed by atoms with van der Waals surface area (Å²) in [7, 11) is 0. The normalized spacial score (nSPS) is 18.0. The molecule has 0 heterocycles. The van der Waals surface area contributed by atoms with E-state index in [-0.39, 0.29) is 28.1 Å². The lowest BCUT2D eigenvalue weighted by Crippen LogP contribution is -2.45. The first-order valence-electron chi connectivity index (χ1n) is 6.96. The van der Waals surface area contributed by atoms with E-state index in [0.717, 1.165) is 25.7 Å². The van der Waals surface area contributed by atoms with Crippen LogP contribution in [-0.2, 0) is 0 Å². The highest BCUT2D eigenvalue weighted by molar-refractivity contribution is 6.42. The number of nitro benzene ring substituents is 1. The summed E-state index contributed by atoms with van der Waals surface area (Å²) in [5, 5.41) is 11.4. The number of rotatable bonds is 4. The van der Waals surface area contributed by atoms with Crippen LogP contribution in [0.2, 0.25) is 10.0 Å². The summed E-state index contributed by atoms with van der Waals surface area (Å²) >= 11 is 11.7. The average Bonchev–Trinajstić information content (AvgIpc) is 2.65. The molecule has 0 spiro atoms. The average molecular weight is 333 g/mol. The molecule has 0 bridgehead atoms. The van der Waals surface area contributed by atoms with E-state index in [9.17, 15) is 10.1 Å². The lowest BCUT2D eigenvalue weighted by molar-refractivity contribution is -0.385. The first-order chi connectivity index (χ1) is 9.91. The van der Waals surface area contributed by atoms with E-state index in [1.165, 1.54) is 25.0 Å². The SMILES string of the molecule is NC1(COc2cc(Cl)c(Cl)cc2[N+](=O)[O-])CCCCCC1. The molecule has 1 fully saturated rings. The van der Waals surface area contributed by atoms with E-state index in [2.05, 4.69) is 0 Å². The third-order valence-corrected chi connectivity index (χ3v) is 4.54. The maximum Gasteiger partial charge on any atom is 0.312 e. The largest absolute Gasteiger partial charge is 0.485 e. The zero-order valence-corrected chi connectivity index (χ0v) is 13.1. The van der Waals surface area contributed by atoms with E-state index in [1.807, 2.05) is 0 Å². The van der Waals surface area contributed by atoms with Gasteiger partial charge >= 0.3 is 5.69 Å². The second-order valence-corrected chi connectivity index (χ2v) is 6.37. The molecule has 0 aliphatic heterocycles. The van der Waals surface area contributed by atoms with E-state index in [1.54, 1.807) is 0 Å². The van der Waals surface area contributed by atoms with Crippen LogP contribution >= 0.6 is 23.2 Å². The van der Waals surface area contributed by atoms with Gasteiger partial charge in [-0.1, -0.05) is 48.9 Å². The van der Waals surface area contributed by atoms with Gasteiger partial charge in [-0.3, -0.25) is 10.1 Å². The highest BCUT2D eigenvalue weighted by atomic mass is 35.5. The van der Waals surface area contributed by atoms with Crippen molar-refractivity contribution in [3.8, 4) is 5.75 Å². The number of hydrogen-bond donors (Lipinski definition) is 1. The molecule has 0 radical (unpaired) electrons. The number of ether oxygens (including phenoxy) is 1. The van der Waals surface area contributed by atoms with Crippen molar-refractivity contribution in [1.29, 1.82) is 0 Å². The maximum absolute atomic E-state index is 11.1. The smallest absolute Gasteiger partial charge is 0.312 e. The molecule has 5 nitrogen and oxygen atoms in total. The molecule has 0 amide bonds. The van der Waals surface area contributed by atoms with Gasteiger partial charge in [0.25, 0.3) is 0 Å². The molecule has 1 aromatic rings. The van der Waals surface area contributed by atoms with Crippen molar-refractivity contribution >= 4 is 28.9 Å². The molecule has 1 aromatic carbocycles. The summed E-state index contributed by atoms with van der Waals surface area (Å²) in [5.74, 6) is 0.114. The van der Waals surface area contributed by atoms with Gasteiger partial charge in [-0.25, -0.2) is 0 Å². The van der Waals surface area contributed by atoms with Crippen LogP contribution < -0.4 is 10.5 Å². The number of nitrogens with zero attached hydrogens (tertiary/aromatic N) is 1. The molecule has 7 heteroatoms. The van der Waals surface area contributed by atoms with Gasteiger partial charge in [-0.05, 0) is 12.8 Å². The molecule has 1 saturated carbocycles. The maximum atomic E-state index is 11.1. The summed E-state index contributed by atoms with van der Waals surface area (Å²) in [6, 6.07) is 2.58. The molecule has 2 N–H and O–H groups in total. The predicted molar refractivity (Wildman–Crippen MR) is 83.2 cm³/mol. The monoisotopic (exact) mass is 332 g/mol. The molecule has 1 aliphatic rings. The van der Waals surface area contributed by atoms with Crippen molar-refractivity contribution in [3.63, 3.8) is 0 Å². The van der Waals surface area contributed by atoms with E-state index in [4.69, 9.17) is 33.7 Å². The third kappa shape index (κ3) is 4.22. The minimum absolute atomic E-state index is 0.114. The van der Waals surface area contributed by atoms with E-state index < -0.39 is 10.5 Å². The van der Waals surface area contributed by atoms with E-state index in [0.29, 0.717) is 0 Å². The molecule has 1 aliphatic carbocycles. The zero-order chi connectivity index (χ0) is 15.5. The Hall–Kier alpha value is -1.04. The number of nitrogens with two attached hydrogens (primary N) is 1. The van der Waals surface area contributed by atoms with Gasteiger partial charge in [0.2, 0.25) is 0 Å². The Balaban J connectivity index is 2.15. The van der Waals surface area contributed by atoms with Gasteiger partial charge in [0.1, 0.15) is 6.61 Å². The molecule has 116 valence electrons. The topological polar surface area (TPSA) is 78.4 Å². The minimum Gasteiger partial charge on any atom is -0.485 e. The van der Waals surface area contributed by atoms with Crippen LogP contribution in [0.3, 0.4) is 0 Å². The zero-order valence-electron chi connectivity index (χ0n) is 11.6. The fourth-order valence-corrected chi connectivity index (χ4v) is 2.89. The summed E-state index contributed by atoms with van der Waals surface area (Å²) in [6.45, 7) is 0.242. The summed E-state index contributed by atoms with van der Waals surface area (Å²) in [4.78, 5) is 10.5. The minimum atomic E-state index is -0.534. The van der Waals surface area contributed by atoms with Crippen molar-refractivity contribution < 1.29 is 9.66 Å². The molecule has 0 unspecified atom stereocenters. The highest BCUT2D eigenvalue weighted by Crippen LogP contribution is 2.36. The molecule has 0 atom stereocenters. The standard InChI is InChI=1S/C14H18Cl2N2O3/c15-10-7-12(18(19)20)13(8-11(10)16)21-9-14(17)5-3-1-2-4-6-14/h7-8H,1-6,9,17H2. The first kappa shape index (κ1) is 16.3. The number of hydrogen-bond acceptors (Lipinski definition) is 4. The summed E-state index contributed by atoms with van der Waals surface area (Å²) in [5.41, 5.74) is 5.72. The van der Waals surface area contributed by atoms with Gasteiger partial charge < -0.3 is 10.5 Å². The Morgan fingerprint density at radius 2 is 1.76 bits per heavy atom. The lowest BCUT2D eigenvalue weighted by atomic mass is 9.92. The van der Waals surface area contributed by atoms with Crippen LogP contribution in [0.5, 0.6) is 5.75 Å². The Labute approximate surface area is 133 Å². The molecule has 0 aromatic heterocycles. The van der Waals surface area contributed by atoms with Crippen LogP contribution in [0.25, 0.3) is 0 Å². The van der Waals surface area contributed by atoms with Crippen molar-refractivity contribution in [2.75, 3.05) is 6.61 Å². The van der Waals surface area contributed by atoms with Gasteiger partial charge in [0.05, 0.1) is 20.5 Å². The second-order valence-electron chi connectivity index (χ2n) is 5.56. The van der Waals surface area contributed by atoms with Gasteiger partial charge in [-0.15, -0.1) is 0 Å². The number of halogens is 2. The molecule has 0 saturated heterocycles. The van der Waals surface area contributed by atoms with Crippen LogP contribution in [0.1, 0.15) is 38.5 Å². The van der Waals surface area contributed by atoms with Gasteiger partial charge in [0, 0.05) is 12.1 Å². The summed E-state index contributed by atoms with van der Waals surface area (Å²) < 4.78 is 5.62. The summed E-state index contributed by atoms with van der Waals surface area (Å²) in [6.07, 6.45) is 6.19. The first-order valence-corrected chi connectivity index (χ1v) is 7.72. The highest BCUT2D eigenvalue weighted by Gasteiger charge is 2.28. The fraction of sp³-hybridized carbons (Fsp3) is 0.571. The Morgan fingerprint density at radius 1 is 1.19 bits per heavy atom. The van der Waals surface area contributed by atoms with E-state index >= 15 is 0 Å². The predicted octanol–water partition coefficient (Wildman–Crippen LogP) is 4.33. The van der Waals surface area contributed by atoms with Crippen molar-refractivity contribution in [2.24, 2.45) is 5.73 Å². The number of benzene rings is 1. The van der Waals surface area contributed by atoms with Crippen molar-refractivity contribution in [3.05, 3.63) is 32.3 Å². The van der Waals surface area contributed by atoms with Crippen molar-refractivity contribution in [1.82, 2.24) is 0 Å². The Kier molecular flexibility index (Phi) is 5.30. The third-order valence-electron chi connectivity index (χ3n) is 3.81. The van der Waals surface area contributed by atoms with Gasteiger partial charge in [0.15, 0.2) is 5.75 Å². The van der Waals surface area contributed by atoms with Gasteiger partial charge in [-0.2, -0.15) is 0 Å². The Bertz CT molecular complexity index is 529. The molecule has 21 heavy (non-hydrogen) atoms. The Morgan fingerprint density at radius 3 is 2.33 bits per heavy atom. The van der Waals surface area contributed by atoms with Crippen LogP contribution in [-0.4, -0.2) is 17.1 Å². The van der Waals surface area contributed by atoms with Crippen LogP contribution in [0.4, 0.5) is 5.69 Å². The van der Waals surface area contributed by atoms with Crippen LogP contribution in [0, 0.1) is 10.1 Å².